The molecule has 1 atom stereocenters. The van der Waals surface area contributed by atoms with Gasteiger partial charge in [-0.25, -0.2) is 13.1 Å². The van der Waals surface area contributed by atoms with Gasteiger partial charge in [-0.15, -0.1) is 0 Å². The highest BCUT2D eigenvalue weighted by molar-refractivity contribution is 9.10. The fraction of sp³-hybridized carbons (Fsp3) is 0.500. The number of hydrogen-bond acceptors (Lipinski definition) is 3. The van der Waals surface area contributed by atoms with Crippen LogP contribution in [0.2, 0.25) is 0 Å². The first-order chi connectivity index (χ1) is 8.40. The standard InChI is InChI=1S/C12H17BrN2O2S/c1-8(9-2-3-9)7-15-18(16,17)12-6-10(13)4-5-11(12)14/h4-6,8-9,15H,2-3,7,14H2,1H3. The molecule has 1 unspecified atom stereocenters. The number of benzene rings is 1. The first-order valence-corrected chi connectivity index (χ1v) is 8.22. The summed E-state index contributed by atoms with van der Waals surface area (Å²) in [5, 5.41) is 0. The minimum atomic E-state index is -3.52. The van der Waals surface area contributed by atoms with E-state index in [1.807, 2.05) is 0 Å². The Morgan fingerprint density at radius 1 is 1.50 bits per heavy atom. The van der Waals surface area contributed by atoms with Gasteiger partial charge in [-0.3, -0.25) is 0 Å². The molecule has 1 fully saturated rings. The summed E-state index contributed by atoms with van der Waals surface area (Å²) in [6, 6.07) is 4.84. The molecule has 0 saturated heterocycles. The molecule has 0 spiro atoms. The van der Waals surface area contributed by atoms with E-state index >= 15 is 0 Å². The van der Waals surface area contributed by atoms with E-state index in [0.29, 0.717) is 22.9 Å². The van der Waals surface area contributed by atoms with Gasteiger partial charge in [0, 0.05) is 11.0 Å². The number of nitrogen functional groups attached to an aromatic ring is 1. The SMILES string of the molecule is CC(CNS(=O)(=O)c1cc(Br)ccc1N)C1CC1. The number of nitrogens with one attached hydrogen (secondary N) is 1. The minimum absolute atomic E-state index is 0.139. The van der Waals surface area contributed by atoms with Gasteiger partial charge >= 0.3 is 0 Å². The number of nitrogens with two attached hydrogens (primary N) is 1. The first kappa shape index (κ1) is 13.8. The largest absolute Gasteiger partial charge is 0.398 e. The second kappa shape index (κ2) is 5.19. The molecule has 0 heterocycles. The topological polar surface area (TPSA) is 72.2 Å². The van der Waals surface area contributed by atoms with Crippen molar-refractivity contribution in [3.8, 4) is 0 Å². The molecule has 0 bridgehead atoms. The van der Waals surface area contributed by atoms with Crippen molar-refractivity contribution in [3.63, 3.8) is 0 Å². The van der Waals surface area contributed by atoms with Gasteiger partial charge in [0.2, 0.25) is 10.0 Å². The van der Waals surface area contributed by atoms with Gasteiger partial charge < -0.3 is 5.73 Å². The minimum Gasteiger partial charge on any atom is -0.398 e. The fourth-order valence-corrected chi connectivity index (χ4v) is 3.70. The summed E-state index contributed by atoms with van der Waals surface area (Å²) >= 11 is 3.25. The van der Waals surface area contributed by atoms with Crippen LogP contribution in [-0.2, 0) is 10.0 Å². The molecule has 18 heavy (non-hydrogen) atoms. The van der Waals surface area contributed by atoms with Crippen LogP contribution in [0.25, 0.3) is 0 Å². The van der Waals surface area contributed by atoms with Crippen LogP contribution >= 0.6 is 15.9 Å². The highest BCUT2D eigenvalue weighted by atomic mass is 79.9. The summed E-state index contributed by atoms with van der Waals surface area (Å²) < 4.78 is 27.6. The van der Waals surface area contributed by atoms with Gasteiger partial charge in [-0.05, 0) is 42.9 Å². The van der Waals surface area contributed by atoms with Gasteiger partial charge in [-0.1, -0.05) is 22.9 Å². The Bertz CT molecular complexity index is 541. The van der Waals surface area contributed by atoms with Crippen LogP contribution in [0, 0.1) is 11.8 Å². The number of hydrogen-bond donors (Lipinski definition) is 2. The second-order valence-electron chi connectivity index (χ2n) is 4.85. The molecule has 3 N–H and O–H groups in total. The fourth-order valence-electron chi connectivity index (χ4n) is 1.89. The van der Waals surface area contributed by atoms with Gasteiger partial charge in [0.1, 0.15) is 4.90 Å². The molecule has 100 valence electrons. The van der Waals surface area contributed by atoms with Crippen LogP contribution in [0.3, 0.4) is 0 Å². The highest BCUT2D eigenvalue weighted by Gasteiger charge is 2.29. The van der Waals surface area contributed by atoms with Gasteiger partial charge in [0.25, 0.3) is 0 Å². The molecule has 0 aromatic heterocycles. The van der Waals surface area contributed by atoms with E-state index in [1.54, 1.807) is 12.1 Å². The Balaban J connectivity index is 2.11. The Hall–Kier alpha value is -0.590. The lowest BCUT2D eigenvalue weighted by atomic mass is 10.1. The lowest BCUT2D eigenvalue weighted by molar-refractivity contribution is 0.492. The lowest BCUT2D eigenvalue weighted by Gasteiger charge is -2.13. The number of halogens is 1. The van der Waals surface area contributed by atoms with Crippen LogP contribution in [0.4, 0.5) is 5.69 Å². The normalized spacial score (nSPS) is 17.7. The van der Waals surface area contributed by atoms with Crippen molar-refractivity contribution in [2.45, 2.75) is 24.7 Å². The Kier molecular flexibility index (Phi) is 3.99. The van der Waals surface area contributed by atoms with Crippen molar-refractivity contribution >= 4 is 31.6 Å². The van der Waals surface area contributed by atoms with Crippen LogP contribution in [0.15, 0.2) is 27.6 Å². The summed E-state index contributed by atoms with van der Waals surface area (Å²) in [5.41, 5.74) is 5.98. The van der Waals surface area contributed by atoms with E-state index in [2.05, 4.69) is 27.6 Å². The molecule has 0 radical (unpaired) electrons. The maximum absolute atomic E-state index is 12.1. The molecule has 4 nitrogen and oxygen atoms in total. The molecule has 1 aliphatic rings. The van der Waals surface area contributed by atoms with Crippen LogP contribution in [0.5, 0.6) is 0 Å². The third-order valence-corrected chi connectivity index (χ3v) is 5.26. The maximum Gasteiger partial charge on any atom is 0.242 e. The van der Waals surface area contributed by atoms with E-state index in [0.717, 1.165) is 0 Å². The highest BCUT2D eigenvalue weighted by Crippen LogP contribution is 2.36. The van der Waals surface area contributed by atoms with Crippen LogP contribution in [0.1, 0.15) is 19.8 Å². The molecule has 1 aromatic rings. The lowest BCUT2D eigenvalue weighted by Crippen LogP contribution is -2.29. The van der Waals surface area contributed by atoms with Crippen molar-refractivity contribution in [3.05, 3.63) is 22.7 Å². The van der Waals surface area contributed by atoms with Crippen molar-refractivity contribution in [1.82, 2.24) is 4.72 Å². The van der Waals surface area contributed by atoms with Crippen LogP contribution in [-0.4, -0.2) is 15.0 Å². The smallest absolute Gasteiger partial charge is 0.242 e. The number of rotatable bonds is 5. The Morgan fingerprint density at radius 3 is 2.78 bits per heavy atom. The molecule has 6 heteroatoms. The summed E-state index contributed by atoms with van der Waals surface area (Å²) in [4.78, 5) is 0.139. The average Bonchev–Trinajstić information content (AvgIpc) is 3.13. The molecule has 2 rings (SSSR count). The molecule has 1 aromatic carbocycles. The molecular weight excluding hydrogens is 316 g/mol. The van der Waals surface area contributed by atoms with Gasteiger partial charge in [0.15, 0.2) is 0 Å². The molecule has 1 aliphatic carbocycles. The Labute approximate surface area is 116 Å². The van der Waals surface area contributed by atoms with E-state index in [4.69, 9.17) is 5.73 Å². The van der Waals surface area contributed by atoms with Gasteiger partial charge in [-0.2, -0.15) is 0 Å². The predicted octanol–water partition coefficient (Wildman–Crippen LogP) is 2.36. The summed E-state index contributed by atoms with van der Waals surface area (Å²) in [5.74, 6) is 1.06. The predicted molar refractivity (Wildman–Crippen MR) is 75.6 cm³/mol. The average molecular weight is 333 g/mol. The third-order valence-electron chi connectivity index (χ3n) is 3.29. The number of anilines is 1. The van der Waals surface area contributed by atoms with E-state index in [-0.39, 0.29) is 10.6 Å². The van der Waals surface area contributed by atoms with Crippen molar-refractivity contribution in [2.24, 2.45) is 11.8 Å². The number of sulfonamides is 1. The quantitative estimate of drug-likeness (QED) is 0.813. The molecule has 0 aliphatic heterocycles. The molecular formula is C12H17BrN2O2S. The van der Waals surface area contributed by atoms with Crippen LogP contribution < -0.4 is 10.5 Å². The monoisotopic (exact) mass is 332 g/mol. The summed E-state index contributed by atoms with van der Waals surface area (Å²) in [7, 11) is -3.52. The second-order valence-corrected chi connectivity index (χ2v) is 7.50. The zero-order chi connectivity index (χ0) is 13.3. The van der Waals surface area contributed by atoms with Gasteiger partial charge in [0.05, 0.1) is 5.69 Å². The van der Waals surface area contributed by atoms with Crippen molar-refractivity contribution in [1.29, 1.82) is 0 Å². The van der Waals surface area contributed by atoms with E-state index in [1.165, 1.54) is 18.9 Å². The summed E-state index contributed by atoms with van der Waals surface area (Å²) in [6.07, 6.45) is 2.42. The van der Waals surface area contributed by atoms with Crippen molar-refractivity contribution < 1.29 is 8.42 Å². The summed E-state index contributed by atoms with van der Waals surface area (Å²) in [6.45, 7) is 2.55. The molecule has 1 saturated carbocycles. The first-order valence-electron chi connectivity index (χ1n) is 5.95. The Morgan fingerprint density at radius 2 is 2.17 bits per heavy atom. The zero-order valence-electron chi connectivity index (χ0n) is 10.2. The maximum atomic E-state index is 12.1. The van der Waals surface area contributed by atoms with E-state index in [9.17, 15) is 8.42 Å². The van der Waals surface area contributed by atoms with Crippen molar-refractivity contribution in [2.75, 3.05) is 12.3 Å². The van der Waals surface area contributed by atoms with E-state index < -0.39 is 10.0 Å². The third kappa shape index (κ3) is 3.24. The molecule has 0 amide bonds. The zero-order valence-corrected chi connectivity index (χ0v) is 12.6.